The number of sulfone groups is 1. The highest BCUT2D eigenvalue weighted by molar-refractivity contribution is 7.93. The second-order valence-corrected chi connectivity index (χ2v) is 14.2. The third-order valence-electron chi connectivity index (χ3n) is 7.84. The van der Waals surface area contributed by atoms with Crippen molar-refractivity contribution in [3.63, 3.8) is 0 Å². The van der Waals surface area contributed by atoms with Crippen LogP contribution in [0.1, 0.15) is 47.2 Å². The van der Waals surface area contributed by atoms with E-state index in [1.807, 2.05) is 6.07 Å². The van der Waals surface area contributed by atoms with E-state index in [0.29, 0.717) is 16.8 Å². The summed E-state index contributed by atoms with van der Waals surface area (Å²) in [6.07, 6.45) is 3.53. The van der Waals surface area contributed by atoms with E-state index in [-0.39, 0.29) is 46.5 Å². The number of nitrogens with zero attached hydrogens (tertiary/aromatic N) is 3. The zero-order valence-corrected chi connectivity index (χ0v) is 21.8. The third-order valence-corrected chi connectivity index (χ3v) is 11.3. The van der Waals surface area contributed by atoms with Crippen molar-refractivity contribution in [2.45, 2.75) is 42.0 Å². The molecule has 0 radical (unpaired) electrons. The number of anilines is 2. The van der Waals surface area contributed by atoms with Gasteiger partial charge in [0.25, 0.3) is 15.9 Å². The van der Waals surface area contributed by atoms with Gasteiger partial charge in [0.05, 0.1) is 39.8 Å². The van der Waals surface area contributed by atoms with E-state index in [9.17, 15) is 26.9 Å². The summed E-state index contributed by atoms with van der Waals surface area (Å²) in [5.74, 6) is -0.242. The minimum absolute atomic E-state index is 0.00137. The quantitative estimate of drug-likeness (QED) is 0.507. The number of aromatic nitrogens is 1. The van der Waals surface area contributed by atoms with Gasteiger partial charge in [-0.3, -0.25) is 9.10 Å². The van der Waals surface area contributed by atoms with Crippen molar-refractivity contribution in [3.8, 4) is 6.07 Å². The molecule has 196 valence electrons. The molecule has 1 saturated heterocycles. The number of hydrogen-bond acceptors (Lipinski definition) is 8. The number of amides is 1. The van der Waals surface area contributed by atoms with Crippen molar-refractivity contribution in [2.24, 2.45) is 5.92 Å². The lowest BCUT2D eigenvalue weighted by Gasteiger charge is -2.41. The maximum atomic E-state index is 14.2. The topological polar surface area (TPSA) is 150 Å². The van der Waals surface area contributed by atoms with Gasteiger partial charge in [-0.15, -0.1) is 0 Å². The Balaban J connectivity index is 1.51. The molecule has 2 aromatic carbocycles. The van der Waals surface area contributed by atoms with E-state index in [0.717, 1.165) is 12.8 Å². The summed E-state index contributed by atoms with van der Waals surface area (Å²) in [6.45, 7) is 0. The predicted octanol–water partition coefficient (Wildman–Crippen LogP) is 3.23. The molecule has 12 heteroatoms. The Morgan fingerprint density at radius 3 is 2.55 bits per heavy atom. The Hall–Kier alpha value is -3.69. The van der Waals surface area contributed by atoms with E-state index in [2.05, 4.69) is 10.5 Å². The number of rotatable bonds is 5. The Labute approximate surface area is 220 Å². The van der Waals surface area contributed by atoms with Crippen LogP contribution < -0.4 is 9.62 Å². The fourth-order valence-corrected chi connectivity index (χ4v) is 9.31. The lowest BCUT2D eigenvalue weighted by atomic mass is 9.70. The van der Waals surface area contributed by atoms with E-state index < -0.39 is 37.2 Å². The van der Waals surface area contributed by atoms with Crippen LogP contribution in [-0.2, 0) is 25.3 Å². The fourth-order valence-electron chi connectivity index (χ4n) is 5.91. The lowest BCUT2D eigenvalue weighted by molar-refractivity contribution is 0.102. The molecule has 0 bridgehead atoms. The molecule has 1 amide bonds. The maximum absolute atomic E-state index is 14.2. The molecular formula is C26H24N4O6S2. The molecule has 3 aromatic rings. The second kappa shape index (κ2) is 8.68. The monoisotopic (exact) mass is 552 g/mol. The standard InChI is InChI=1S/C26H24N4O6S2/c27-16-17-2-1-3-20(14-17)38(34,35)30-22-7-6-19(25(31)28-23-8-11-36-29-23)15-21(22)26(24(30)18-4-5-18)9-12-37(32,33)13-10-26/h1-3,6-8,11,14-15,18,24H,4-5,9-10,12-13H2,(H,28,29,31). The highest BCUT2D eigenvalue weighted by Gasteiger charge is 2.60. The van der Waals surface area contributed by atoms with Crippen LogP contribution in [0, 0.1) is 17.2 Å². The van der Waals surface area contributed by atoms with Crippen molar-refractivity contribution >= 4 is 37.3 Å². The van der Waals surface area contributed by atoms with Gasteiger partial charge in [0.2, 0.25) is 0 Å². The Kier molecular flexibility index (Phi) is 5.62. The van der Waals surface area contributed by atoms with Crippen molar-refractivity contribution < 1.29 is 26.2 Å². The van der Waals surface area contributed by atoms with Gasteiger partial charge in [0, 0.05) is 17.0 Å². The Morgan fingerprint density at radius 1 is 1.13 bits per heavy atom. The van der Waals surface area contributed by atoms with Gasteiger partial charge < -0.3 is 9.84 Å². The molecule has 1 atom stereocenters. The van der Waals surface area contributed by atoms with Crippen LogP contribution in [0.5, 0.6) is 0 Å². The Morgan fingerprint density at radius 2 is 1.89 bits per heavy atom. The molecule has 10 nitrogen and oxygen atoms in total. The summed E-state index contributed by atoms with van der Waals surface area (Å²) in [5.41, 5.74) is 0.886. The molecule has 1 unspecified atom stereocenters. The summed E-state index contributed by atoms with van der Waals surface area (Å²) in [6, 6.07) is 13.8. The summed E-state index contributed by atoms with van der Waals surface area (Å²) in [7, 11) is -7.36. The molecule has 2 aliphatic heterocycles. The molecule has 3 heterocycles. The summed E-state index contributed by atoms with van der Waals surface area (Å²) >= 11 is 0. The van der Waals surface area contributed by atoms with Crippen LogP contribution in [0.15, 0.2) is 64.2 Å². The fraction of sp³-hybridized carbons (Fsp3) is 0.346. The number of fused-ring (bicyclic) bond motifs is 2. The van der Waals surface area contributed by atoms with Gasteiger partial charge in [-0.25, -0.2) is 16.8 Å². The van der Waals surface area contributed by atoms with Crippen molar-refractivity contribution in [1.82, 2.24) is 5.16 Å². The number of nitriles is 1. The number of carbonyl (C=O) groups excluding carboxylic acids is 1. The van der Waals surface area contributed by atoms with Gasteiger partial charge in [-0.1, -0.05) is 11.2 Å². The number of hydrogen-bond donors (Lipinski definition) is 1. The molecule has 6 rings (SSSR count). The van der Waals surface area contributed by atoms with E-state index in [1.165, 1.54) is 34.8 Å². The molecule has 2 fully saturated rings. The number of sulfonamides is 1. The number of carbonyl (C=O) groups is 1. The Bertz CT molecular complexity index is 1680. The first kappa shape index (κ1) is 24.6. The van der Waals surface area contributed by atoms with Gasteiger partial charge >= 0.3 is 0 Å². The minimum Gasteiger partial charge on any atom is -0.363 e. The summed E-state index contributed by atoms with van der Waals surface area (Å²) in [4.78, 5) is 13.0. The van der Waals surface area contributed by atoms with Crippen LogP contribution in [0.2, 0.25) is 0 Å². The van der Waals surface area contributed by atoms with Crippen molar-refractivity contribution in [2.75, 3.05) is 21.1 Å². The molecular weight excluding hydrogens is 528 g/mol. The lowest BCUT2D eigenvalue weighted by Crippen LogP contribution is -2.52. The van der Waals surface area contributed by atoms with E-state index >= 15 is 0 Å². The van der Waals surface area contributed by atoms with Crippen molar-refractivity contribution in [1.29, 1.82) is 5.26 Å². The van der Waals surface area contributed by atoms with Gasteiger partial charge in [0.15, 0.2) is 5.82 Å². The average molecular weight is 553 g/mol. The first-order valence-corrected chi connectivity index (χ1v) is 15.5. The van der Waals surface area contributed by atoms with Crippen LogP contribution in [-0.4, -0.2) is 45.4 Å². The minimum atomic E-state index is -4.11. The molecule has 3 aliphatic rings. The molecule has 1 aliphatic carbocycles. The predicted molar refractivity (Wildman–Crippen MR) is 138 cm³/mol. The SMILES string of the molecule is N#Cc1cccc(S(=O)(=O)N2c3ccc(C(=O)Nc4ccon4)cc3C3(CCS(=O)(=O)CC3)C2C2CC2)c1. The summed E-state index contributed by atoms with van der Waals surface area (Å²) in [5, 5.41) is 15.7. The van der Waals surface area contributed by atoms with Crippen LogP contribution >= 0.6 is 0 Å². The van der Waals surface area contributed by atoms with E-state index in [4.69, 9.17) is 4.52 Å². The van der Waals surface area contributed by atoms with Crippen LogP contribution in [0.25, 0.3) is 0 Å². The molecule has 1 spiro atoms. The van der Waals surface area contributed by atoms with Crippen LogP contribution in [0.4, 0.5) is 11.5 Å². The molecule has 1 saturated carbocycles. The number of nitrogens with one attached hydrogen (secondary N) is 1. The van der Waals surface area contributed by atoms with E-state index in [1.54, 1.807) is 24.3 Å². The van der Waals surface area contributed by atoms with Crippen LogP contribution in [0.3, 0.4) is 0 Å². The summed E-state index contributed by atoms with van der Waals surface area (Å²) < 4.78 is 59.6. The molecule has 38 heavy (non-hydrogen) atoms. The largest absolute Gasteiger partial charge is 0.363 e. The smallest absolute Gasteiger partial charge is 0.264 e. The van der Waals surface area contributed by atoms with Gasteiger partial charge in [-0.05, 0) is 73.6 Å². The normalized spacial score (nSPS) is 21.6. The number of benzene rings is 2. The molecule has 1 N–H and O–H groups in total. The second-order valence-electron chi connectivity index (χ2n) is 10.1. The third kappa shape index (κ3) is 3.97. The van der Waals surface area contributed by atoms with Crippen molar-refractivity contribution in [3.05, 3.63) is 71.5 Å². The highest BCUT2D eigenvalue weighted by Crippen LogP contribution is 2.59. The highest BCUT2D eigenvalue weighted by atomic mass is 32.2. The van der Waals surface area contributed by atoms with Gasteiger partial charge in [0.1, 0.15) is 16.1 Å². The zero-order chi connectivity index (χ0) is 26.7. The average Bonchev–Trinajstić information content (AvgIpc) is 3.53. The zero-order valence-electron chi connectivity index (χ0n) is 20.2. The van der Waals surface area contributed by atoms with Gasteiger partial charge in [-0.2, -0.15) is 5.26 Å². The first-order chi connectivity index (χ1) is 18.1. The maximum Gasteiger partial charge on any atom is 0.264 e. The first-order valence-electron chi connectivity index (χ1n) is 12.3. The molecule has 1 aromatic heterocycles.